The Balaban J connectivity index is 3.90. The average Bonchev–Trinajstić information content (AvgIpc) is 1.87. The maximum absolute atomic E-state index is 10.8. The van der Waals surface area contributed by atoms with Crippen LogP contribution in [0.15, 0.2) is 0 Å². The van der Waals surface area contributed by atoms with Crippen molar-refractivity contribution < 1.29 is 8.42 Å². The molecular formula is C6H13ClO2S. The molecule has 0 amide bonds. The molecule has 0 spiro atoms. The highest BCUT2D eigenvalue weighted by molar-refractivity contribution is 7.92. The lowest BCUT2D eigenvalue weighted by atomic mass is 10.2. The molecule has 0 saturated heterocycles. The Hall–Kier alpha value is 0.240. The summed E-state index contributed by atoms with van der Waals surface area (Å²) in [6.45, 7) is 3.87. The van der Waals surface area contributed by atoms with Gasteiger partial charge in [-0.2, -0.15) is 0 Å². The Labute approximate surface area is 67.5 Å². The molecule has 0 aliphatic carbocycles. The normalized spacial score (nSPS) is 15.1. The first-order chi connectivity index (χ1) is 4.52. The molecule has 62 valence electrons. The van der Waals surface area contributed by atoms with Crippen molar-refractivity contribution in [1.29, 1.82) is 0 Å². The zero-order valence-electron chi connectivity index (χ0n) is 6.30. The summed E-state index contributed by atoms with van der Waals surface area (Å²) < 4.78 is 21.7. The molecule has 0 aliphatic heterocycles. The molecule has 4 heteroatoms. The predicted octanol–water partition coefficient (Wildman–Crippen LogP) is 1.64. The largest absolute Gasteiger partial charge is 0.228 e. The lowest BCUT2D eigenvalue weighted by molar-refractivity contribution is 0.568. The SMILES string of the molecule is CCC(C)CS(=O)(=O)CCl. The van der Waals surface area contributed by atoms with Gasteiger partial charge in [-0.3, -0.25) is 0 Å². The highest BCUT2D eigenvalue weighted by atomic mass is 35.5. The van der Waals surface area contributed by atoms with Gasteiger partial charge < -0.3 is 0 Å². The quantitative estimate of drug-likeness (QED) is 0.623. The zero-order chi connectivity index (χ0) is 8.20. The van der Waals surface area contributed by atoms with E-state index in [0.717, 1.165) is 6.42 Å². The molecule has 1 unspecified atom stereocenters. The van der Waals surface area contributed by atoms with Crippen molar-refractivity contribution in [3.05, 3.63) is 0 Å². The molecule has 0 aliphatic rings. The van der Waals surface area contributed by atoms with Crippen LogP contribution in [-0.4, -0.2) is 19.4 Å². The Morgan fingerprint density at radius 3 is 2.30 bits per heavy atom. The van der Waals surface area contributed by atoms with E-state index < -0.39 is 9.84 Å². The fourth-order valence-corrected chi connectivity index (χ4v) is 2.05. The summed E-state index contributed by atoms with van der Waals surface area (Å²) >= 11 is 5.21. The molecule has 0 saturated carbocycles. The highest BCUT2D eigenvalue weighted by Gasteiger charge is 2.12. The summed E-state index contributed by atoms with van der Waals surface area (Å²) in [6, 6.07) is 0. The zero-order valence-corrected chi connectivity index (χ0v) is 7.87. The van der Waals surface area contributed by atoms with Crippen molar-refractivity contribution in [1.82, 2.24) is 0 Å². The van der Waals surface area contributed by atoms with Crippen molar-refractivity contribution in [3.63, 3.8) is 0 Å². The van der Waals surface area contributed by atoms with Gasteiger partial charge in [0, 0.05) is 0 Å². The van der Waals surface area contributed by atoms with Crippen molar-refractivity contribution in [2.75, 3.05) is 11.0 Å². The maximum Gasteiger partial charge on any atom is 0.164 e. The van der Waals surface area contributed by atoms with Crippen LogP contribution in [0.3, 0.4) is 0 Å². The van der Waals surface area contributed by atoms with Crippen LogP contribution in [0.5, 0.6) is 0 Å². The van der Waals surface area contributed by atoms with E-state index in [9.17, 15) is 8.42 Å². The number of alkyl halides is 1. The third-order valence-electron chi connectivity index (χ3n) is 1.40. The van der Waals surface area contributed by atoms with Gasteiger partial charge in [0.05, 0.1) is 5.75 Å². The first-order valence-corrected chi connectivity index (χ1v) is 5.63. The van der Waals surface area contributed by atoms with Gasteiger partial charge in [0.15, 0.2) is 9.84 Å². The first kappa shape index (κ1) is 10.2. The molecule has 0 aromatic heterocycles. The third kappa shape index (κ3) is 4.12. The third-order valence-corrected chi connectivity index (χ3v) is 3.81. The molecule has 2 nitrogen and oxygen atoms in total. The summed E-state index contributed by atoms with van der Waals surface area (Å²) in [7, 11) is -2.97. The van der Waals surface area contributed by atoms with Crippen LogP contribution in [-0.2, 0) is 9.84 Å². The minimum absolute atomic E-state index is 0.215. The molecule has 0 bridgehead atoms. The molecule has 0 aromatic rings. The lowest BCUT2D eigenvalue weighted by Gasteiger charge is -2.05. The lowest BCUT2D eigenvalue weighted by Crippen LogP contribution is -2.13. The van der Waals surface area contributed by atoms with Crippen LogP contribution in [0.25, 0.3) is 0 Å². The molecule has 0 N–H and O–H groups in total. The summed E-state index contributed by atoms with van der Waals surface area (Å²) in [4.78, 5) is 0. The minimum atomic E-state index is -2.97. The van der Waals surface area contributed by atoms with E-state index in [1.807, 2.05) is 13.8 Å². The number of sulfone groups is 1. The van der Waals surface area contributed by atoms with Crippen molar-refractivity contribution in [2.45, 2.75) is 20.3 Å². The average molecular weight is 185 g/mol. The van der Waals surface area contributed by atoms with Crippen LogP contribution in [0, 0.1) is 5.92 Å². The summed E-state index contributed by atoms with van der Waals surface area (Å²) in [5, 5.41) is -0.253. The van der Waals surface area contributed by atoms with Crippen LogP contribution in [0.2, 0.25) is 0 Å². The van der Waals surface area contributed by atoms with Gasteiger partial charge in [0.25, 0.3) is 0 Å². The van der Waals surface area contributed by atoms with E-state index in [1.165, 1.54) is 0 Å². The molecular weight excluding hydrogens is 172 g/mol. The van der Waals surface area contributed by atoms with E-state index in [-0.39, 0.29) is 16.9 Å². The fourth-order valence-electron chi connectivity index (χ4n) is 0.596. The predicted molar refractivity (Wildman–Crippen MR) is 44.0 cm³/mol. The smallest absolute Gasteiger partial charge is 0.164 e. The summed E-state index contributed by atoms with van der Waals surface area (Å²) in [6.07, 6.45) is 0.885. The molecule has 0 heterocycles. The topological polar surface area (TPSA) is 34.1 Å². The van der Waals surface area contributed by atoms with E-state index >= 15 is 0 Å². The van der Waals surface area contributed by atoms with Gasteiger partial charge in [-0.15, -0.1) is 11.6 Å². The second-order valence-corrected chi connectivity index (χ2v) is 5.23. The first-order valence-electron chi connectivity index (χ1n) is 3.28. The fraction of sp³-hybridized carbons (Fsp3) is 1.00. The Bertz CT molecular complexity index is 174. The molecule has 0 aromatic carbocycles. The number of hydrogen-bond donors (Lipinski definition) is 0. The van der Waals surface area contributed by atoms with Gasteiger partial charge in [-0.1, -0.05) is 20.3 Å². The van der Waals surface area contributed by atoms with E-state index in [2.05, 4.69) is 0 Å². The standard InChI is InChI=1S/C6H13ClO2S/c1-3-6(2)4-10(8,9)5-7/h6H,3-5H2,1-2H3. The van der Waals surface area contributed by atoms with Crippen LogP contribution in [0.4, 0.5) is 0 Å². The van der Waals surface area contributed by atoms with Gasteiger partial charge in [0.2, 0.25) is 0 Å². The van der Waals surface area contributed by atoms with E-state index in [4.69, 9.17) is 11.6 Å². The molecule has 0 radical (unpaired) electrons. The molecule has 0 rings (SSSR count). The molecule has 10 heavy (non-hydrogen) atoms. The van der Waals surface area contributed by atoms with Gasteiger partial charge in [-0.05, 0) is 5.92 Å². The highest BCUT2D eigenvalue weighted by Crippen LogP contribution is 2.06. The van der Waals surface area contributed by atoms with E-state index in [1.54, 1.807) is 0 Å². The number of halogens is 1. The number of hydrogen-bond acceptors (Lipinski definition) is 2. The van der Waals surface area contributed by atoms with Gasteiger partial charge in [0.1, 0.15) is 5.21 Å². The van der Waals surface area contributed by atoms with E-state index in [0.29, 0.717) is 0 Å². The Morgan fingerprint density at radius 2 is 2.00 bits per heavy atom. The number of rotatable bonds is 4. The summed E-state index contributed by atoms with van der Waals surface area (Å²) in [5.41, 5.74) is 0. The molecule has 0 fully saturated rings. The van der Waals surface area contributed by atoms with Crippen LogP contribution >= 0.6 is 11.6 Å². The second kappa shape index (κ2) is 4.19. The monoisotopic (exact) mass is 184 g/mol. The van der Waals surface area contributed by atoms with Crippen molar-refractivity contribution in [3.8, 4) is 0 Å². The second-order valence-electron chi connectivity index (χ2n) is 2.53. The minimum Gasteiger partial charge on any atom is -0.228 e. The Morgan fingerprint density at radius 1 is 1.50 bits per heavy atom. The Kier molecular flexibility index (Phi) is 4.29. The van der Waals surface area contributed by atoms with Crippen molar-refractivity contribution >= 4 is 21.4 Å². The summed E-state index contributed by atoms with van der Waals surface area (Å²) in [5.74, 6) is 0.441. The van der Waals surface area contributed by atoms with Crippen molar-refractivity contribution in [2.24, 2.45) is 5.92 Å². The van der Waals surface area contributed by atoms with Gasteiger partial charge >= 0.3 is 0 Å². The van der Waals surface area contributed by atoms with Gasteiger partial charge in [-0.25, -0.2) is 8.42 Å². The molecule has 1 atom stereocenters. The maximum atomic E-state index is 10.8. The van der Waals surface area contributed by atoms with Crippen LogP contribution in [0.1, 0.15) is 20.3 Å². The van der Waals surface area contributed by atoms with Crippen LogP contribution < -0.4 is 0 Å².